The third-order valence-electron chi connectivity index (χ3n) is 4.97. The van der Waals surface area contributed by atoms with E-state index in [2.05, 4.69) is 28.0 Å². The molecule has 1 saturated heterocycles. The van der Waals surface area contributed by atoms with Crippen LogP contribution in [0.15, 0.2) is 28.8 Å². The molecule has 1 aliphatic heterocycles. The second-order valence-electron chi connectivity index (χ2n) is 7.17. The highest BCUT2D eigenvalue weighted by molar-refractivity contribution is 5.76. The lowest BCUT2D eigenvalue weighted by Gasteiger charge is -2.22. The minimum absolute atomic E-state index is 0.149. The zero-order valence-electron chi connectivity index (χ0n) is 16.4. The number of hydrogen-bond acceptors (Lipinski definition) is 6. The van der Waals surface area contributed by atoms with E-state index in [1.54, 1.807) is 0 Å². The monoisotopic (exact) mass is 381 g/mol. The Balaban J connectivity index is 1.45. The first kappa shape index (κ1) is 20.0. The van der Waals surface area contributed by atoms with Crippen LogP contribution in [0.5, 0.6) is 0 Å². The molecule has 0 unspecified atom stereocenters. The second kappa shape index (κ2) is 10.00. The number of hydrogen-bond donors (Lipinski definition) is 0. The number of rotatable bonds is 7. The van der Waals surface area contributed by atoms with Gasteiger partial charge in [0.25, 0.3) is 0 Å². The number of amides is 1. The lowest BCUT2D eigenvalue weighted by atomic mass is 10.1. The smallest absolute Gasteiger partial charge is 0.227 e. The van der Waals surface area contributed by atoms with E-state index in [1.807, 2.05) is 29.2 Å². The molecule has 0 saturated carbocycles. The molecule has 7 heteroatoms. The maximum Gasteiger partial charge on any atom is 0.227 e. The first-order valence-corrected chi connectivity index (χ1v) is 9.98. The average molecular weight is 381 g/mol. The van der Waals surface area contributed by atoms with Crippen LogP contribution >= 0.6 is 0 Å². The van der Waals surface area contributed by atoms with Crippen molar-refractivity contribution in [3.8, 4) is 6.07 Å². The van der Waals surface area contributed by atoms with Crippen LogP contribution in [0, 0.1) is 11.3 Å². The van der Waals surface area contributed by atoms with Gasteiger partial charge in [0, 0.05) is 52.0 Å². The molecule has 148 valence electrons. The van der Waals surface area contributed by atoms with Gasteiger partial charge >= 0.3 is 0 Å². The Morgan fingerprint density at radius 2 is 2.00 bits per heavy atom. The lowest BCUT2D eigenvalue weighted by Crippen LogP contribution is -2.35. The molecular formula is C21H27N5O2. The van der Waals surface area contributed by atoms with Gasteiger partial charge in [-0.25, -0.2) is 0 Å². The van der Waals surface area contributed by atoms with Crippen LogP contribution in [-0.2, 0) is 24.2 Å². The zero-order valence-corrected chi connectivity index (χ0v) is 16.4. The quantitative estimate of drug-likeness (QED) is 0.733. The summed E-state index contributed by atoms with van der Waals surface area (Å²) < 4.78 is 5.22. The van der Waals surface area contributed by atoms with Gasteiger partial charge in [-0.05, 0) is 30.5 Å². The number of carbonyl (C=O) groups is 1. The predicted molar refractivity (Wildman–Crippen MR) is 104 cm³/mol. The van der Waals surface area contributed by atoms with E-state index in [1.165, 1.54) is 5.56 Å². The van der Waals surface area contributed by atoms with Crippen molar-refractivity contribution in [2.45, 2.75) is 45.6 Å². The van der Waals surface area contributed by atoms with Crippen molar-refractivity contribution in [2.75, 3.05) is 26.2 Å². The van der Waals surface area contributed by atoms with Crippen LogP contribution in [-0.4, -0.2) is 52.0 Å². The number of carbonyl (C=O) groups excluding carboxylic acids is 1. The lowest BCUT2D eigenvalue weighted by molar-refractivity contribution is -0.131. The van der Waals surface area contributed by atoms with Gasteiger partial charge in [0.15, 0.2) is 5.82 Å². The fraction of sp³-hybridized carbons (Fsp3) is 0.524. The summed E-state index contributed by atoms with van der Waals surface area (Å²) in [6, 6.07) is 9.86. The average Bonchev–Trinajstić information content (AvgIpc) is 3.03. The standard InChI is InChI=1S/C21H27N5O2/c1-2-4-19-23-20(28-24-19)9-10-21(27)26-12-3-11-25(13-14-26)16-18-7-5-17(15-22)6-8-18/h5-8H,2-4,9-14,16H2,1H3. The van der Waals surface area contributed by atoms with Gasteiger partial charge < -0.3 is 9.42 Å². The molecule has 1 fully saturated rings. The van der Waals surface area contributed by atoms with Gasteiger partial charge in [0.1, 0.15) is 0 Å². The van der Waals surface area contributed by atoms with Gasteiger partial charge in [0.05, 0.1) is 11.6 Å². The molecule has 0 spiro atoms. The number of aromatic nitrogens is 2. The van der Waals surface area contributed by atoms with Crippen molar-refractivity contribution in [1.29, 1.82) is 5.26 Å². The Hall–Kier alpha value is -2.72. The molecule has 7 nitrogen and oxygen atoms in total. The van der Waals surface area contributed by atoms with Crippen molar-refractivity contribution in [3.63, 3.8) is 0 Å². The van der Waals surface area contributed by atoms with Crippen molar-refractivity contribution in [1.82, 2.24) is 19.9 Å². The fourth-order valence-corrected chi connectivity index (χ4v) is 3.41. The molecule has 1 aromatic heterocycles. The van der Waals surface area contributed by atoms with Gasteiger partial charge in [-0.3, -0.25) is 9.69 Å². The highest BCUT2D eigenvalue weighted by atomic mass is 16.5. The van der Waals surface area contributed by atoms with Gasteiger partial charge in [-0.15, -0.1) is 0 Å². The highest BCUT2D eigenvalue weighted by Crippen LogP contribution is 2.12. The summed E-state index contributed by atoms with van der Waals surface area (Å²) in [6.07, 6.45) is 3.65. The van der Waals surface area contributed by atoms with E-state index in [4.69, 9.17) is 9.78 Å². The molecule has 28 heavy (non-hydrogen) atoms. The van der Waals surface area contributed by atoms with Crippen LogP contribution in [0.25, 0.3) is 0 Å². The third kappa shape index (κ3) is 5.64. The van der Waals surface area contributed by atoms with Gasteiger partial charge in [-0.1, -0.05) is 24.2 Å². The van der Waals surface area contributed by atoms with Crippen molar-refractivity contribution < 1.29 is 9.32 Å². The van der Waals surface area contributed by atoms with E-state index >= 15 is 0 Å². The highest BCUT2D eigenvalue weighted by Gasteiger charge is 2.20. The number of aryl methyl sites for hydroxylation is 2. The summed E-state index contributed by atoms with van der Waals surface area (Å²) in [5.41, 5.74) is 1.87. The van der Waals surface area contributed by atoms with Gasteiger partial charge in [0.2, 0.25) is 11.8 Å². The normalized spacial score (nSPS) is 15.2. The summed E-state index contributed by atoms with van der Waals surface area (Å²) in [7, 11) is 0. The second-order valence-corrected chi connectivity index (χ2v) is 7.17. The van der Waals surface area contributed by atoms with Crippen LogP contribution in [0.3, 0.4) is 0 Å². The minimum atomic E-state index is 0.149. The molecule has 0 radical (unpaired) electrons. The zero-order chi connectivity index (χ0) is 19.8. The topological polar surface area (TPSA) is 86.3 Å². The summed E-state index contributed by atoms with van der Waals surface area (Å²) in [5, 5.41) is 12.8. The predicted octanol–water partition coefficient (Wildman–Crippen LogP) is 2.56. The van der Waals surface area contributed by atoms with E-state index in [9.17, 15) is 4.79 Å². The van der Waals surface area contributed by atoms with Crippen molar-refractivity contribution in [2.24, 2.45) is 0 Å². The minimum Gasteiger partial charge on any atom is -0.341 e. The summed E-state index contributed by atoms with van der Waals surface area (Å²) in [6.45, 7) is 6.26. The van der Waals surface area contributed by atoms with E-state index < -0.39 is 0 Å². The Morgan fingerprint density at radius 3 is 2.75 bits per heavy atom. The number of nitriles is 1. The van der Waals surface area contributed by atoms with E-state index in [0.717, 1.165) is 57.8 Å². The molecular weight excluding hydrogens is 354 g/mol. The molecule has 1 aromatic carbocycles. The molecule has 0 bridgehead atoms. The molecule has 0 N–H and O–H groups in total. The van der Waals surface area contributed by atoms with Crippen molar-refractivity contribution in [3.05, 3.63) is 47.1 Å². The van der Waals surface area contributed by atoms with Crippen molar-refractivity contribution >= 4 is 5.91 Å². The first-order chi connectivity index (χ1) is 13.7. The van der Waals surface area contributed by atoms with Crippen LogP contribution in [0.4, 0.5) is 0 Å². The summed E-state index contributed by atoms with van der Waals surface area (Å²) >= 11 is 0. The molecule has 1 amide bonds. The number of benzene rings is 1. The molecule has 3 rings (SSSR count). The van der Waals surface area contributed by atoms with Crippen LogP contribution in [0.2, 0.25) is 0 Å². The largest absolute Gasteiger partial charge is 0.341 e. The molecule has 2 heterocycles. The molecule has 0 atom stereocenters. The third-order valence-corrected chi connectivity index (χ3v) is 4.97. The van der Waals surface area contributed by atoms with Crippen LogP contribution in [0.1, 0.15) is 49.0 Å². The molecule has 1 aliphatic rings. The first-order valence-electron chi connectivity index (χ1n) is 9.98. The maximum absolute atomic E-state index is 12.6. The molecule has 2 aromatic rings. The maximum atomic E-state index is 12.6. The summed E-state index contributed by atoms with van der Waals surface area (Å²) in [4.78, 5) is 21.2. The van der Waals surface area contributed by atoms with E-state index in [-0.39, 0.29) is 5.91 Å². The van der Waals surface area contributed by atoms with Crippen LogP contribution < -0.4 is 0 Å². The molecule has 0 aliphatic carbocycles. The number of nitrogens with zero attached hydrogens (tertiary/aromatic N) is 5. The Bertz CT molecular complexity index is 809. The van der Waals surface area contributed by atoms with E-state index in [0.29, 0.717) is 24.3 Å². The SMILES string of the molecule is CCCc1noc(CCC(=O)N2CCCN(Cc3ccc(C#N)cc3)CC2)n1. The fourth-order valence-electron chi connectivity index (χ4n) is 3.41. The Kier molecular flexibility index (Phi) is 7.15. The summed E-state index contributed by atoms with van der Waals surface area (Å²) in [5.74, 6) is 1.42. The Morgan fingerprint density at radius 1 is 1.18 bits per heavy atom. The van der Waals surface area contributed by atoms with Gasteiger partial charge in [-0.2, -0.15) is 10.2 Å². The Labute approximate surface area is 165 Å².